The molecule has 2 aromatic carbocycles. The normalized spacial score (nSPS) is 11.0. The molecule has 0 saturated carbocycles. The van der Waals surface area contributed by atoms with Crippen LogP contribution in [0.5, 0.6) is 0 Å². The van der Waals surface area contributed by atoms with Crippen molar-refractivity contribution in [2.75, 3.05) is 5.32 Å². The molecule has 2 N–H and O–H groups in total. The maximum atomic E-state index is 12.7. The van der Waals surface area contributed by atoms with Gasteiger partial charge < -0.3 is 10.3 Å². The number of H-pyrrole nitrogens is 1. The highest BCUT2D eigenvalue weighted by Gasteiger charge is 2.16. The highest BCUT2D eigenvalue weighted by molar-refractivity contribution is 5.94. The number of imidazole rings is 1. The van der Waals surface area contributed by atoms with Crippen LogP contribution in [0.25, 0.3) is 38.9 Å². The van der Waals surface area contributed by atoms with E-state index >= 15 is 0 Å². The number of rotatable bonds is 9. The molecule has 0 radical (unpaired) electrons. The van der Waals surface area contributed by atoms with Crippen LogP contribution in [0.2, 0.25) is 0 Å². The van der Waals surface area contributed by atoms with Crippen molar-refractivity contribution in [1.82, 2.24) is 24.9 Å². The quantitative estimate of drug-likeness (QED) is 0.197. The molecule has 4 heterocycles. The molecule has 0 saturated heterocycles. The third-order valence-electron chi connectivity index (χ3n) is 7.17. The first kappa shape index (κ1) is 26.8. The molecule has 0 aliphatic heterocycles. The number of aromatic amines is 1. The van der Waals surface area contributed by atoms with Crippen LogP contribution >= 0.6 is 0 Å². The van der Waals surface area contributed by atoms with Gasteiger partial charge in [0.25, 0.3) is 0 Å². The minimum Gasteiger partial charge on any atom is -0.337 e. The van der Waals surface area contributed by atoms with E-state index in [1.807, 2.05) is 60.9 Å². The van der Waals surface area contributed by atoms with E-state index in [0.717, 1.165) is 62.8 Å². The molecular formula is C35H30N6O. The number of amides is 1. The number of nitrogens with zero attached hydrogens (tertiary/aromatic N) is 4. The molecule has 0 atom stereocenters. The van der Waals surface area contributed by atoms with Gasteiger partial charge in [-0.1, -0.05) is 68.5 Å². The van der Waals surface area contributed by atoms with Gasteiger partial charge in [0, 0.05) is 47.1 Å². The Morgan fingerprint density at radius 3 is 2.50 bits per heavy atom. The maximum absolute atomic E-state index is 12.7. The number of hydrogen-bond donors (Lipinski definition) is 2. The first-order valence-electron chi connectivity index (χ1n) is 13.9. The lowest BCUT2D eigenvalue weighted by Gasteiger charge is -2.13. The smallest absolute Gasteiger partial charge is 0.228 e. The van der Waals surface area contributed by atoms with E-state index in [1.54, 1.807) is 24.8 Å². The van der Waals surface area contributed by atoms with E-state index in [0.29, 0.717) is 17.9 Å². The van der Waals surface area contributed by atoms with E-state index in [9.17, 15) is 4.79 Å². The number of pyridine rings is 3. The monoisotopic (exact) mass is 550 g/mol. The summed E-state index contributed by atoms with van der Waals surface area (Å²) in [6.07, 6.45) is 12.8. The SMILES string of the molecule is C=C(c1nc2c(-c3cccnc3)cncc2[nH]1)c1cc(-c2cncc(NC(=O)Cc3ccccc3)c2)ccc1CCC. The average Bonchev–Trinajstić information content (AvgIpc) is 3.47. The van der Waals surface area contributed by atoms with Crippen molar-refractivity contribution in [3.63, 3.8) is 0 Å². The third kappa shape index (κ3) is 5.71. The van der Waals surface area contributed by atoms with Gasteiger partial charge in [-0.3, -0.25) is 19.7 Å². The molecule has 0 unspecified atom stereocenters. The number of anilines is 1. The van der Waals surface area contributed by atoms with E-state index < -0.39 is 0 Å². The summed E-state index contributed by atoms with van der Waals surface area (Å²) < 4.78 is 0. The maximum Gasteiger partial charge on any atom is 0.228 e. The van der Waals surface area contributed by atoms with Gasteiger partial charge in [0.1, 0.15) is 5.82 Å². The molecule has 4 aromatic heterocycles. The molecule has 7 nitrogen and oxygen atoms in total. The number of nitrogens with one attached hydrogen (secondary N) is 2. The Labute approximate surface area is 244 Å². The summed E-state index contributed by atoms with van der Waals surface area (Å²) in [5, 5.41) is 2.98. The van der Waals surface area contributed by atoms with Crippen molar-refractivity contribution in [1.29, 1.82) is 0 Å². The van der Waals surface area contributed by atoms with Crippen LogP contribution < -0.4 is 5.32 Å². The van der Waals surface area contributed by atoms with Crippen molar-refractivity contribution >= 4 is 28.2 Å². The molecule has 42 heavy (non-hydrogen) atoms. The van der Waals surface area contributed by atoms with Crippen LogP contribution in [-0.2, 0) is 17.6 Å². The number of fused-ring (bicyclic) bond motifs is 1. The minimum atomic E-state index is -0.0856. The fraction of sp³-hybridized carbons (Fsp3) is 0.114. The minimum absolute atomic E-state index is 0.0856. The molecule has 0 fully saturated rings. The van der Waals surface area contributed by atoms with Gasteiger partial charge in [0.05, 0.1) is 35.5 Å². The summed E-state index contributed by atoms with van der Waals surface area (Å²) in [6, 6.07) is 21.9. The molecular weight excluding hydrogens is 520 g/mol. The van der Waals surface area contributed by atoms with Gasteiger partial charge in [0.15, 0.2) is 0 Å². The highest BCUT2D eigenvalue weighted by Crippen LogP contribution is 2.33. The van der Waals surface area contributed by atoms with Gasteiger partial charge in [-0.05, 0) is 46.9 Å². The number of aromatic nitrogens is 5. The molecule has 0 aliphatic carbocycles. The zero-order valence-electron chi connectivity index (χ0n) is 23.3. The number of hydrogen-bond acceptors (Lipinski definition) is 5. The van der Waals surface area contributed by atoms with Crippen molar-refractivity contribution in [3.05, 3.63) is 133 Å². The molecule has 7 heteroatoms. The molecule has 0 spiro atoms. The molecule has 6 rings (SSSR count). The van der Waals surface area contributed by atoms with Crippen LogP contribution in [-0.4, -0.2) is 30.8 Å². The van der Waals surface area contributed by atoms with Gasteiger partial charge >= 0.3 is 0 Å². The summed E-state index contributed by atoms with van der Waals surface area (Å²) in [4.78, 5) is 34.2. The Morgan fingerprint density at radius 1 is 0.857 bits per heavy atom. The number of benzene rings is 2. The van der Waals surface area contributed by atoms with Gasteiger partial charge in [-0.15, -0.1) is 0 Å². The second-order valence-electron chi connectivity index (χ2n) is 10.2. The first-order chi connectivity index (χ1) is 20.6. The van der Waals surface area contributed by atoms with Crippen LogP contribution in [0.15, 0.2) is 110 Å². The zero-order valence-corrected chi connectivity index (χ0v) is 23.3. The van der Waals surface area contributed by atoms with E-state index in [-0.39, 0.29) is 5.91 Å². The van der Waals surface area contributed by atoms with Crippen LogP contribution in [0.4, 0.5) is 5.69 Å². The van der Waals surface area contributed by atoms with E-state index in [4.69, 9.17) is 4.98 Å². The second kappa shape index (κ2) is 12.0. The summed E-state index contributed by atoms with van der Waals surface area (Å²) in [7, 11) is 0. The molecule has 0 bridgehead atoms. The third-order valence-corrected chi connectivity index (χ3v) is 7.17. The number of aryl methyl sites for hydroxylation is 1. The van der Waals surface area contributed by atoms with E-state index in [1.165, 1.54) is 5.56 Å². The lowest BCUT2D eigenvalue weighted by Crippen LogP contribution is -2.14. The van der Waals surface area contributed by atoms with Crippen LogP contribution in [0.3, 0.4) is 0 Å². The van der Waals surface area contributed by atoms with Crippen LogP contribution in [0, 0.1) is 0 Å². The predicted molar refractivity (Wildman–Crippen MR) is 168 cm³/mol. The Hall–Kier alpha value is -5.43. The van der Waals surface area contributed by atoms with Crippen molar-refractivity contribution in [3.8, 4) is 22.3 Å². The summed E-state index contributed by atoms with van der Waals surface area (Å²) in [5.74, 6) is 0.607. The van der Waals surface area contributed by atoms with Gasteiger partial charge in [-0.2, -0.15) is 0 Å². The number of carbonyl (C=O) groups is 1. The largest absolute Gasteiger partial charge is 0.337 e. The topological polar surface area (TPSA) is 96.4 Å². The van der Waals surface area contributed by atoms with Crippen LogP contribution in [0.1, 0.15) is 35.9 Å². The standard InChI is InChI=1S/C35H30N6O/c1-3-8-25-12-13-26(28-16-29(20-37-19-28)39-33(42)15-24-9-5-4-6-10-24)17-30(25)23(2)35-40-32-22-38-21-31(34(32)41-35)27-11-7-14-36-18-27/h4-7,9-14,16-22H,2-3,8,15H2,1H3,(H,39,42)(H,40,41). The Morgan fingerprint density at radius 2 is 1.69 bits per heavy atom. The van der Waals surface area contributed by atoms with Gasteiger partial charge in [0.2, 0.25) is 5.91 Å². The first-order valence-corrected chi connectivity index (χ1v) is 13.9. The van der Waals surface area contributed by atoms with Crippen molar-refractivity contribution in [2.45, 2.75) is 26.2 Å². The molecule has 0 aliphatic rings. The van der Waals surface area contributed by atoms with E-state index in [2.05, 4.69) is 57.0 Å². The molecule has 6 aromatic rings. The summed E-state index contributed by atoms with van der Waals surface area (Å²) in [5.41, 5.74) is 10.0. The lowest BCUT2D eigenvalue weighted by molar-refractivity contribution is -0.115. The highest BCUT2D eigenvalue weighted by atomic mass is 16.1. The predicted octanol–water partition coefficient (Wildman–Crippen LogP) is 7.28. The second-order valence-corrected chi connectivity index (χ2v) is 10.2. The van der Waals surface area contributed by atoms with Crippen molar-refractivity contribution in [2.24, 2.45) is 0 Å². The van der Waals surface area contributed by atoms with Crippen molar-refractivity contribution < 1.29 is 4.79 Å². The Balaban J connectivity index is 1.31. The molecule has 206 valence electrons. The fourth-order valence-corrected chi connectivity index (χ4v) is 5.11. The van der Waals surface area contributed by atoms with Gasteiger partial charge in [-0.25, -0.2) is 4.98 Å². The zero-order chi connectivity index (χ0) is 28.9. The lowest BCUT2D eigenvalue weighted by atomic mass is 9.93. The fourth-order valence-electron chi connectivity index (χ4n) is 5.11. The summed E-state index contributed by atoms with van der Waals surface area (Å²) >= 11 is 0. The molecule has 1 amide bonds. The summed E-state index contributed by atoms with van der Waals surface area (Å²) in [6.45, 7) is 6.63. The number of carbonyl (C=O) groups excluding carboxylic acids is 1. The Bertz CT molecular complexity index is 1880. The average molecular weight is 551 g/mol. The Kier molecular flexibility index (Phi) is 7.64.